The second-order valence-electron chi connectivity index (χ2n) is 24.3. The molecule has 3 saturated heterocycles. The van der Waals surface area contributed by atoms with E-state index in [2.05, 4.69) is 16.0 Å². The van der Waals surface area contributed by atoms with E-state index in [1.807, 2.05) is 109 Å². The van der Waals surface area contributed by atoms with Gasteiger partial charge in [0.05, 0.1) is 69.8 Å². The van der Waals surface area contributed by atoms with Crippen molar-refractivity contribution in [1.29, 1.82) is 0 Å². The molecular weight excluding hydrogens is 1250 g/mol. The minimum atomic E-state index is -0.722. The van der Waals surface area contributed by atoms with Crippen LogP contribution in [0.5, 0.6) is 34.5 Å². The Hall–Kier alpha value is -10.7. The zero-order valence-electron chi connectivity index (χ0n) is 54.6. The van der Waals surface area contributed by atoms with Crippen molar-refractivity contribution in [1.82, 2.24) is 16.0 Å². The average Bonchev–Trinajstić information content (AvgIpc) is 1.61. The normalized spacial score (nSPS) is 18.5. The number of amides is 6. The van der Waals surface area contributed by atoms with Gasteiger partial charge in [-0.15, -0.1) is 0 Å². The van der Waals surface area contributed by atoms with Gasteiger partial charge in [0.15, 0.2) is 0 Å². The number of aryl methyl sites for hydroxylation is 1. The maximum absolute atomic E-state index is 13.1. The summed E-state index contributed by atoms with van der Waals surface area (Å²) in [5, 5.41) is 62.3. The van der Waals surface area contributed by atoms with Crippen molar-refractivity contribution < 1.29 is 67.3 Å². The molecule has 0 radical (unpaired) electrons. The quantitative estimate of drug-likeness (QED) is 0.0266. The first-order valence-electron chi connectivity index (χ1n) is 32.7. The number of aliphatic hydroxyl groups is 2. The number of ether oxygens (including phenoxy) is 3. The second-order valence-corrected chi connectivity index (χ2v) is 24.3. The van der Waals surface area contributed by atoms with E-state index in [9.17, 15) is 53.1 Å². The number of carbonyl (C=O) groups excluding carboxylic acids is 3. The van der Waals surface area contributed by atoms with Crippen molar-refractivity contribution in [2.75, 3.05) is 36.0 Å². The van der Waals surface area contributed by atoms with Gasteiger partial charge in [-0.3, -0.25) is 14.7 Å². The smallest absolute Gasteiger partial charge is 0.322 e. The summed E-state index contributed by atoms with van der Waals surface area (Å²) in [5.74, 6) is 0.892. The monoisotopic (exact) mass is 1330 g/mol. The lowest BCUT2D eigenvalue weighted by Gasteiger charge is -2.28. The number of unbranched alkanes of at least 4 members (excludes halogenated alkanes) is 1. The Morgan fingerprint density at radius 2 is 0.684 bits per heavy atom. The van der Waals surface area contributed by atoms with Gasteiger partial charge in [0.25, 0.3) is 0 Å². The molecule has 8 atom stereocenters. The zero-order valence-corrected chi connectivity index (χ0v) is 54.6. The standard InChI is InChI=1S/2C26H27FN2O4.C26H27FN2O3/c2*1-33-20-14-15-21(24(31)16-20)25-22(28-26(32)29(25)19-6-3-2-4-7-19)8-5-9-23(30)17-10-12-18(27)13-11-17;1-32-21-15-16-22(24(30)17-21)25-23(10-6-5-7-18-11-13-19(27)14-12-18)28-26(31)29(25)20-8-3-2-4-9-20/h2*2-4,6-7,10-16,22-23,25,30-31H,5,8-9H2,1H3,(H,28,32);2-4,8-9,11-17,23,25,30H,5-7,10H2,1H3,(H,28,31)/t22-,23?,25-;22-,23-,25-;23-,25-/m111/s1. The van der Waals surface area contributed by atoms with E-state index in [0.717, 1.165) is 48.3 Å². The molecule has 3 fully saturated rings. The average molecular weight is 1340 g/mol. The minimum Gasteiger partial charge on any atom is -0.507 e. The fourth-order valence-corrected chi connectivity index (χ4v) is 13.0. The third-order valence-electron chi connectivity index (χ3n) is 18.0. The van der Waals surface area contributed by atoms with E-state index in [-0.39, 0.29) is 77.0 Å². The van der Waals surface area contributed by atoms with Crippen LogP contribution in [0, 0.1) is 17.5 Å². The lowest BCUT2D eigenvalue weighted by Crippen LogP contribution is -2.29. The summed E-state index contributed by atoms with van der Waals surface area (Å²) in [6.07, 6.45) is 5.32. The number of halogens is 3. The Balaban J connectivity index is 0.000000159. The number of urea groups is 3. The SMILES string of the molecule is COc1ccc([C@@H]2[C@@H](CCCC(O)c3ccc(F)cc3)NC(=O)N2c2ccccc2)c(O)c1.COc1ccc([C@@H]2[C@@H](CCCCc3ccc(F)cc3)NC(=O)N2c2ccccc2)c(O)c1.COc1ccc([C@@H]2[C@@H](CCC[C@@H](O)c3ccc(F)cc3)NC(=O)N2c2ccccc2)c(O)c1. The van der Waals surface area contributed by atoms with E-state index in [4.69, 9.17) is 14.2 Å². The maximum Gasteiger partial charge on any atom is 0.322 e. The van der Waals surface area contributed by atoms with Gasteiger partial charge >= 0.3 is 18.1 Å². The van der Waals surface area contributed by atoms with Crippen molar-refractivity contribution in [3.05, 3.63) is 269 Å². The number of anilines is 3. The van der Waals surface area contributed by atoms with Gasteiger partial charge in [-0.25, -0.2) is 27.6 Å². The number of hydrogen-bond acceptors (Lipinski definition) is 11. The van der Waals surface area contributed by atoms with Crippen LogP contribution in [0.1, 0.15) is 122 Å². The highest BCUT2D eigenvalue weighted by Gasteiger charge is 2.45. The van der Waals surface area contributed by atoms with Crippen LogP contribution in [0.15, 0.2) is 218 Å². The molecule has 17 nitrogen and oxygen atoms in total. The Bertz CT molecular complexity index is 3900. The highest BCUT2D eigenvalue weighted by molar-refractivity contribution is 5.97. The van der Waals surface area contributed by atoms with E-state index < -0.39 is 24.3 Å². The topological polar surface area (TPSA) is 226 Å². The maximum atomic E-state index is 13.1. The molecule has 0 aliphatic carbocycles. The molecule has 6 amide bonds. The molecule has 98 heavy (non-hydrogen) atoms. The summed E-state index contributed by atoms with van der Waals surface area (Å²) in [6, 6.07) is 59.0. The highest BCUT2D eigenvalue weighted by Crippen LogP contribution is 2.45. The van der Waals surface area contributed by atoms with E-state index in [0.29, 0.717) is 83.6 Å². The number of nitrogens with zero attached hydrogens (tertiary/aromatic N) is 3. The van der Waals surface area contributed by atoms with E-state index in [1.54, 1.807) is 82.5 Å². The summed E-state index contributed by atoms with van der Waals surface area (Å²) >= 11 is 0. The third kappa shape index (κ3) is 17.3. The summed E-state index contributed by atoms with van der Waals surface area (Å²) in [7, 11) is 4.61. The lowest BCUT2D eigenvalue weighted by atomic mass is 9.93. The molecule has 20 heteroatoms. The summed E-state index contributed by atoms with van der Waals surface area (Å²) in [6.45, 7) is 0. The highest BCUT2D eigenvalue weighted by atomic mass is 19.1. The molecule has 12 rings (SSSR count). The molecule has 0 aromatic heterocycles. The molecule has 3 heterocycles. The molecule has 3 aliphatic heterocycles. The van der Waals surface area contributed by atoms with Gasteiger partial charge in [0, 0.05) is 52.0 Å². The Kier molecular flexibility index (Phi) is 23.8. The molecule has 0 spiro atoms. The molecular formula is C78H81F3N6O11. The summed E-state index contributed by atoms with van der Waals surface area (Å²) in [4.78, 5) is 43.9. The van der Waals surface area contributed by atoms with Crippen LogP contribution in [0.2, 0.25) is 0 Å². The Morgan fingerprint density at radius 3 is 0.980 bits per heavy atom. The van der Waals surface area contributed by atoms with Crippen molar-refractivity contribution in [3.63, 3.8) is 0 Å². The Morgan fingerprint density at radius 1 is 0.388 bits per heavy atom. The van der Waals surface area contributed by atoms with Crippen LogP contribution < -0.4 is 44.9 Å². The van der Waals surface area contributed by atoms with Gasteiger partial charge in [-0.2, -0.15) is 0 Å². The van der Waals surface area contributed by atoms with Crippen LogP contribution in [0.25, 0.3) is 0 Å². The lowest BCUT2D eigenvalue weighted by molar-refractivity contribution is 0.161. The number of phenols is 3. The first-order chi connectivity index (χ1) is 47.5. The molecule has 9 aromatic carbocycles. The molecule has 3 aliphatic rings. The largest absolute Gasteiger partial charge is 0.507 e. The van der Waals surface area contributed by atoms with Crippen LogP contribution in [-0.4, -0.2) is 83.1 Å². The summed E-state index contributed by atoms with van der Waals surface area (Å²) < 4.78 is 55.0. The van der Waals surface area contributed by atoms with Gasteiger partial charge in [-0.05, 0) is 184 Å². The zero-order chi connectivity index (χ0) is 69.2. The van der Waals surface area contributed by atoms with Gasteiger partial charge in [-0.1, -0.05) is 97.4 Å². The molecule has 0 saturated carbocycles. The molecule has 9 aromatic rings. The summed E-state index contributed by atoms with van der Waals surface area (Å²) in [5.41, 5.74) is 6.54. The number of carbonyl (C=O) groups is 3. The number of phenolic OH excluding ortho intramolecular Hbond substituents is 3. The number of methoxy groups -OCH3 is 3. The van der Waals surface area contributed by atoms with Crippen LogP contribution >= 0.6 is 0 Å². The number of rotatable bonds is 24. The minimum absolute atomic E-state index is 0.0492. The van der Waals surface area contributed by atoms with Gasteiger partial charge in [0.2, 0.25) is 0 Å². The van der Waals surface area contributed by atoms with Crippen LogP contribution in [0.4, 0.5) is 44.6 Å². The van der Waals surface area contributed by atoms with Crippen molar-refractivity contribution >= 4 is 35.2 Å². The molecule has 8 N–H and O–H groups in total. The first kappa shape index (κ1) is 70.1. The number of aromatic hydroxyl groups is 3. The van der Waals surface area contributed by atoms with E-state index >= 15 is 0 Å². The van der Waals surface area contributed by atoms with Crippen molar-refractivity contribution in [3.8, 4) is 34.5 Å². The number of para-hydroxylation sites is 3. The molecule has 1 unspecified atom stereocenters. The fourth-order valence-electron chi connectivity index (χ4n) is 13.0. The van der Waals surface area contributed by atoms with Crippen molar-refractivity contribution in [2.45, 2.75) is 113 Å². The fraction of sp³-hybridized carbons (Fsp3) is 0.269. The third-order valence-corrected chi connectivity index (χ3v) is 18.0. The second kappa shape index (κ2) is 33.3. The van der Waals surface area contributed by atoms with Crippen molar-refractivity contribution in [2.24, 2.45) is 0 Å². The van der Waals surface area contributed by atoms with Crippen LogP contribution in [-0.2, 0) is 6.42 Å². The number of aliphatic hydroxyl groups excluding tert-OH is 2. The predicted molar refractivity (Wildman–Crippen MR) is 370 cm³/mol. The first-order valence-corrected chi connectivity index (χ1v) is 32.7. The van der Waals surface area contributed by atoms with Crippen LogP contribution in [0.3, 0.4) is 0 Å². The number of benzene rings is 9. The molecule has 0 bridgehead atoms. The number of nitrogens with one attached hydrogen (secondary N) is 3. The number of hydrogen-bond donors (Lipinski definition) is 8. The van der Waals surface area contributed by atoms with E-state index in [1.165, 1.54) is 62.8 Å². The van der Waals surface area contributed by atoms with Gasteiger partial charge in [0.1, 0.15) is 51.9 Å². The van der Waals surface area contributed by atoms with Gasteiger partial charge < -0.3 is 55.7 Å². The Labute approximate surface area is 568 Å². The molecule has 510 valence electrons. The predicted octanol–water partition coefficient (Wildman–Crippen LogP) is 15.8.